The van der Waals surface area contributed by atoms with Crippen LogP contribution in [0.15, 0.2) is 42.6 Å². The topological polar surface area (TPSA) is 75.7 Å². The number of amides is 2. The Hall–Kier alpha value is -2.80. The first-order chi connectivity index (χ1) is 12.3. The van der Waals surface area contributed by atoms with Crippen molar-refractivity contribution in [3.8, 4) is 5.75 Å². The average molecular weight is 340 g/mol. The molecule has 2 aromatic rings. The van der Waals surface area contributed by atoms with Crippen molar-refractivity contribution in [2.75, 3.05) is 43.1 Å². The van der Waals surface area contributed by atoms with Crippen LogP contribution in [0.25, 0.3) is 0 Å². The van der Waals surface area contributed by atoms with Crippen LogP contribution in [0.5, 0.6) is 5.75 Å². The lowest BCUT2D eigenvalue weighted by molar-refractivity contribution is 0.122. The maximum absolute atomic E-state index is 12.2. The number of hydrogen-bond donors (Lipinski definition) is 2. The molecule has 0 unspecified atom stereocenters. The number of para-hydroxylation sites is 1. The molecular weight excluding hydrogens is 320 g/mol. The summed E-state index contributed by atoms with van der Waals surface area (Å²) < 4.78 is 10.9. The number of carbonyl (C=O) groups excluding carboxylic acids is 1. The van der Waals surface area contributed by atoms with Crippen LogP contribution in [-0.2, 0) is 4.74 Å². The summed E-state index contributed by atoms with van der Waals surface area (Å²) in [5.41, 5.74) is 1.65. The van der Waals surface area contributed by atoms with Gasteiger partial charge in [-0.3, -0.25) is 0 Å². The van der Waals surface area contributed by atoms with Crippen LogP contribution in [0.1, 0.15) is 11.6 Å². The highest BCUT2D eigenvalue weighted by Gasteiger charge is 2.25. The van der Waals surface area contributed by atoms with E-state index in [4.69, 9.17) is 9.47 Å². The van der Waals surface area contributed by atoms with Gasteiger partial charge in [-0.2, -0.15) is 0 Å². The fourth-order valence-electron chi connectivity index (χ4n) is 3.05. The number of urea groups is 1. The van der Waals surface area contributed by atoms with E-state index in [2.05, 4.69) is 20.5 Å². The minimum absolute atomic E-state index is 0.142. The Morgan fingerprint density at radius 3 is 2.80 bits per heavy atom. The second kappa shape index (κ2) is 6.98. The van der Waals surface area contributed by atoms with Crippen molar-refractivity contribution in [2.45, 2.75) is 6.04 Å². The molecule has 0 saturated carbocycles. The third-order valence-electron chi connectivity index (χ3n) is 4.35. The van der Waals surface area contributed by atoms with Gasteiger partial charge >= 0.3 is 6.03 Å². The lowest BCUT2D eigenvalue weighted by Crippen LogP contribution is -2.36. The monoisotopic (exact) mass is 340 g/mol. The number of benzene rings is 1. The van der Waals surface area contributed by atoms with Crippen molar-refractivity contribution in [1.29, 1.82) is 0 Å². The fraction of sp³-hybridized carbons (Fsp3) is 0.333. The van der Waals surface area contributed by atoms with Crippen LogP contribution >= 0.6 is 0 Å². The Kier molecular flexibility index (Phi) is 4.39. The Labute approximate surface area is 145 Å². The number of fused-ring (bicyclic) bond motifs is 1. The summed E-state index contributed by atoms with van der Waals surface area (Å²) in [5, 5.41) is 5.75. The van der Waals surface area contributed by atoms with E-state index in [0.717, 1.165) is 43.4 Å². The molecular formula is C18H20N4O3. The lowest BCUT2D eigenvalue weighted by Gasteiger charge is -2.27. The Balaban J connectivity index is 1.35. The van der Waals surface area contributed by atoms with E-state index in [1.165, 1.54) is 0 Å². The zero-order valence-corrected chi connectivity index (χ0v) is 13.8. The van der Waals surface area contributed by atoms with Crippen LogP contribution < -0.4 is 20.3 Å². The highest BCUT2D eigenvalue weighted by Crippen LogP contribution is 2.31. The highest BCUT2D eigenvalue weighted by atomic mass is 16.5. The highest BCUT2D eigenvalue weighted by molar-refractivity contribution is 5.89. The Bertz CT molecular complexity index is 744. The molecule has 3 heterocycles. The number of ether oxygens (including phenoxy) is 2. The maximum atomic E-state index is 12.2. The molecule has 1 saturated heterocycles. The van der Waals surface area contributed by atoms with Crippen LogP contribution in [0.2, 0.25) is 0 Å². The van der Waals surface area contributed by atoms with Crippen molar-refractivity contribution in [1.82, 2.24) is 10.3 Å². The van der Waals surface area contributed by atoms with Gasteiger partial charge in [-0.1, -0.05) is 18.2 Å². The molecule has 2 aliphatic rings. The van der Waals surface area contributed by atoms with Gasteiger partial charge in [-0.25, -0.2) is 9.78 Å². The zero-order valence-electron chi connectivity index (χ0n) is 13.8. The molecule has 0 radical (unpaired) electrons. The van der Waals surface area contributed by atoms with Crippen LogP contribution in [-0.4, -0.2) is 43.9 Å². The number of morpholine rings is 1. The molecule has 130 valence electrons. The van der Waals surface area contributed by atoms with E-state index in [1.807, 2.05) is 36.4 Å². The summed E-state index contributed by atoms with van der Waals surface area (Å²) >= 11 is 0. The number of aromatic nitrogens is 1. The first-order valence-corrected chi connectivity index (χ1v) is 8.37. The maximum Gasteiger partial charge on any atom is 0.319 e. The summed E-state index contributed by atoms with van der Waals surface area (Å²) in [6.07, 6.45) is 1.67. The molecule has 0 bridgehead atoms. The minimum Gasteiger partial charge on any atom is -0.491 e. The first-order valence-electron chi connectivity index (χ1n) is 8.37. The molecule has 1 fully saturated rings. The van der Waals surface area contributed by atoms with Gasteiger partial charge in [0.05, 0.1) is 31.1 Å². The number of nitrogens with one attached hydrogen (secondary N) is 2. The number of carbonyl (C=O) groups is 1. The second-order valence-electron chi connectivity index (χ2n) is 6.00. The third kappa shape index (κ3) is 3.51. The number of hydrogen-bond acceptors (Lipinski definition) is 5. The fourth-order valence-corrected chi connectivity index (χ4v) is 3.05. The average Bonchev–Trinajstić information content (AvgIpc) is 3.06. The predicted molar refractivity (Wildman–Crippen MR) is 94.1 cm³/mol. The molecule has 2 N–H and O–H groups in total. The molecule has 0 spiro atoms. The van der Waals surface area contributed by atoms with Gasteiger partial charge < -0.3 is 25.0 Å². The third-order valence-corrected chi connectivity index (χ3v) is 4.35. The number of rotatable bonds is 3. The van der Waals surface area contributed by atoms with E-state index in [0.29, 0.717) is 12.3 Å². The zero-order chi connectivity index (χ0) is 17.1. The van der Waals surface area contributed by atoms with Gasteiger partial charge in [0.15, 0.2) is 0 Å². The SMILES string of the molecule is O=C(Nc1ccc(N2CCOCC2)nc1)N[C@H]1COc2ccccc21. The summed E-state index contributed by atoms with van der Waals surface area (Å²) in [7, 11) is 0. The summed E-state index contributed by atoms with van der Waals surface area (Å²) in [6.45, 7) is 3.55. The van der Waals surface area contributed by atoms with Gasteiger partial charge in [0.25, 0.3) is 0 Å². The molecule has 25 heavy (non-hydrogen) atoms. The van der Waals surface area contributed by atoms with E-state index in [-0.39, 0.29) is 12.1 Å². The van der Waals surface area contributed by atoms with Crippen molar-refractivity contribution in [2.24, 2.45) is 0 Å². The second-order valence-corrected chi connectivity index (χ2v) is 6.00. The lowest BCUT2D eigenvalue weighted by atomic mass is 10.1. The molecule has 2 amide bonds. The predicted octanol–water partition coefficient (Wildman–Crippen LogP) is 2.17. The molecule has 1 atom stereocenters. The van der Waals surface area contributed by atoms with E-state index in [9.17, 15) is 4.79 Å². The van der Waals surface area contributed by atoms with E-state index >= 15 is 0 Å². The van der Waals surface area contributed by atoms with Gasteiger partial charge in [0.2, 0.25) is 0 Å². The molecule has 7 nitrogen and oxygen atoms in total. The number of pyridine rings is 1. The van der Waals surface area contributed by atoms with Gasteiger partial charge in [-0.15, -0.1) is 0 Å². The summed E-state index contributed by atoms with van der Waals surface area (Å²) in [4.78, 5) is 18.8. The van der Waals surface area contributed by atoms with E-state index in [1.54, 1.807) is 6.20 Å². The number of anilines is 2. The molecule has 7 heteroatoms. The van der Waals surface area contributed by atoms with Gasteiger partial charge in [-0.05, 0) is 18.2 Å². The molecule has 1 aromatic carbocycles. The smallest absolute Gasteiger partial charge is 0.319 e. The van der Waals surface area contributed by atoms with Crippen molar-refractivity contribution >= 4 is 17.5 Å². The largest absolute Gasteiger partial charge is 0.491 e. The van der Waals surface area contributed by atoms with Crippen molar-refractivity contribution in [3.05, 3.63) is 48.2 Å². The van der Waals surface area contributed by atoms with Gasteiger partial charge in [0.1, 0.15) is 18.2 Å². The van der Waals surface area contributed by atoms with E-state index < -0.39 is 0 Å². The summed E-state index contributed by atoms with van der Waals surface area (Å²) in [6, 6.07) is 11.1. The summed E-state index contributed by atoms with van der Waals surface area (Å²) in [5.74, 6) is 1.72. The standard InChI is InChI=1S/C18H20N4O3/c23-18(21-15-12-25-16-4-2-1-3-14(15)16)20-13-5-6-17(19-11-13)22-7-9-24-10-8-22/h1-6,11,15H,7-10,12H2,(H2,20,21,23)/t15-/m0/s1. The minimum atomic E-state index is -0.272. The van der Waals surface area contributed by atoms with Crippen LogP contribution in [0, 0.1) is 0 Å². The van der Waals surface area contributed by atoms with Crippen molar-refractivity contribution in [3.63, 3.8) is 0 Å². The van der Waals surface area contributed by atoms with Crippen LogP contribution in [0.4, 0.5) is 16.3 Å². The molecule has 0 aliphatic carbocycles. The Morgan fingerprint density at radius 1 is 1.16 bits per heavy atom. The first kappa shape index (κ1) is 15.7. The molecule has 1 aromatic heterocycles. The molecule has 2 aliphatic heterocycles. The Morgan fingerprint density at radius 2 is 2.00 bits per heavy atom. The van der Waals surface area contributed by atoms with Crippen LogP contribution in [0.3, 0.4) is 0 Å². The number of nitrogens with zero attached hydrogens (tertiary/aromatic N) is 2. The van der Waals surface area contributed by atoms with Gasteiger partial charge in [0, 0.05) is 18.7 Å². The quantitative estimate of drug-likeness (QED) is 0.896. The van der Waals surface area contributed by atoms with Crippen molar-refractivity contribution < 1.29 is 14.3 Å². The molecule has 4 rings (SSSR count). The normalized spacial score (nSPS) is 19.0.